The number of hydrogen-bond donors (Lipinski definition) is 2. The molecule has 0 heterocycles. The average molecular weight is 289 g/mol. The number of nitrogens with zero attached hydrogens (tertiary/aromatic N) is 1. The molecule has 3 N–H and O–H groups in total. The lowest BCUT2D eigenvalue weighted by molar-refractivity contribution is -0.383. The highest BCUT2D eigenvalue weighted by atomic mass is 19.1. The molecule has 0 unspecified atom stereocenters. The highest BCUT2D eigenvalue weighted by Gasteiger charge is 2.15. The summed E-state index contributed by atoms with van der Waals surface area (Å²) in [5.41, 5.74) is 5.94. The van der Waals surface area contributed by atoms with Crippen LogP contribution in [0.4, 0.5) is 21.5 Å². The van der Waals surface area contributed by atoms with E-state index in [0.29, 0.717) is 11.3 Å². The first kappa shape index (κ1) is 14.4. The molecule has 0 saturated carbocycles. The second kappa shape index (κ2) is 5.58. The van der Waals surface area contributed by atoms with Gasteiger partial charge in [0, 0.05) is 22.9 Å². The second-order valence-corrected chi connectivity index (χ2v) is 4.40. The van der Waals surface area contributed by atoms with Gasteiger partial charge in [0.1, 0.15) is 11.5 Å². The van der Waals surface area contributed by atoms with Gasteiger partial charge in [-0.2, -0.15) is 0 Å². The molecule has 0 aliphatic heterocycles. The van der Waals surface area contributed by atoms with Crippen molar-refractivity contribution >= 4 is 23.0 Å². The van der Waals surface area contributed by atoms with Gasteiger partial charge in [-0.1, -0.05) is 6.07 Å². The Morgan fingerprint density at radius 1 is 1.33 bits per heavy atom. The summed E-state index contributed by atoms with van der Waals surface area (Å²) in [7, 11) is 0. The van der Waals surface area contributed by atoms with E-state index in [1.54, 1.807) is 6.07 Å². The van der Waals surface area contributed by atoms with Gasteiger partial charge in [-0.3, -0.25) is 14.9 Å². The van der Waals surface area contributed by atoms with Crippen LogP contribution in [0.3, 0.4) is 0 Å². The minimum atomic E-state index is -0.631. The lowest BCUT2D eigenvalue weighted by Crippen LogP contribution is -2.13. The summed E-state index contributed by atoms with van der Waals surface area (Å²) in [6, 6.07) is 7.98. The zero-order valence-electron chi connectivity index (χ0n) is 11.1. The van der Waals surface area contributed by atoms with Crippen molar-refractivity contribution < 1.29 is 14.1 Å². The number of nitrogens with two attached hydrogens (primary N) is 1. The van der Waals surface area contributed by atoms with Crippen molar-refractivity contribution in [2.24, 2.45) is 0 Å². The van der Waals surface area contributed by atoms with Gasteiger partial charge in [-0.25, -0.2) is 4.39 Å². The smallest absolute Gasteiger partial charge is 0.292 e. The predicted octanol–water partition coefficient (Wildman–Crippen LogP) is 2.88. The first-order chi connectivity index (χ1) is 9.90. The molecule has 0 spiro atoms. The fourth-order valence-electron chi connectivity index (χ4n) is 1.80. The third-order valence-corrected chi connectivity index (χ3v) is 3.00. The Kier molecular flexibility index (Phi) is 3.84. The van der Waals surface area contributed by atoms with E-state index in [4.69, 9.17) is 5.73 Å². The van der Waals surface area contributed by atoms with Crippen LogP contribution in [0, 0.1) is 22.9 Å². The quantitative estimate of drug-likeness (QED) is 0.515. The summed E-state index contributed by atoms with van der Waals surface area (Å²) in [4.78, 5) is 22.1. The molecule has 6 nitrogen and oxygen atoms in total. The van der Waals surface area contributed by atoms with Crippen molar-refractivity contribution in [1.82, 2.24) is 0 Å². The maximum absolute atomic E-state index is 13.4. The number of halogens is 1. The number of nitrogen functional groups attached to an aromatic ring is 1. The van der Waals surface area contributed by atoms with Crippen LogP contribution < -0.4 is 11.1 Å². The van der Waals surface area contributed by atoms with E-state index in [9.17, 15) is 19.3 Å². The molecule has 2 aromatic rings. The summed E-state index contributed by atoms with van der Waals surface area (Å²) >= 11 is 0. The van der Waals surface area contributed by atoms with E-state index in [1.165, 1.54) is 31.2 Å². The summed E-state index contributed by atoms with van der Waals surface area (Å²) in [6.07, 6.45) is 0. The van der Waals surface area contributed by atoms with Gasteiger partial charge in [0.25, 0.3) is 11.6 Å². The van der Waals surface area contributed by atoms with Crippen LogP contribution in [0.5, 0.6) is 0 Å². The van der Waals surface area contributed by atoms with E-state index in [1.807, 2.05) is 0 Å². The van der Waals surface area contributed by atoms with Gasteiger partial charge >= 0.3 is 0 Å². The minimum absolute atomic E-state index is 0.108. The summed E-state index contributed by atoms with van der Waals surface area (Å²) < 4.78 is 13.4. The Labute approximate surface area is 119 Å². The van der Waals surface area contributed by atoms with Gasteiger partial charge < -0.3 is 11.1 Å². The highest BCUT2D eigenvalue weighted by molar-refractivity contribution is 6.05. The molecule has 0 fully saturated rings. The molecule has 0 radical (unpaired) electrons. The van der Waals surface area contributed by atoms with Crippen LogP contribution in [-0.2, 0) is 0 Å². The van der Waals surface area contributed by atoms with Crippen molar-refractivity contribution in [3.63, 3.8) is 0 Å². The molecular weight excluding hydrogens is 277 g/mol. The Bertz CT molecular complexity index is 731. The second-order valence-electron chi connectivity index (χ2n) is 4.40. The van der Waals surface area contributed by atoms with Crippen molar-refractivity contribution in [2.45, 2.75) is 6.92 Å². The largest absolute Gasteiger partial charge is 0.393 e. The van der Waals surface area contributed by atoms with Crippen LogP contribution in [-0.4, -0.2) is 10.8 Å². The van der Waals surface area contributed by atoms with Gasteiger partial charge in [0.15, 0.2) is 0 Å². The fourth-order valence-corrected chi connectivity index (χ4v) is 1.80. The number of rotatable bonds is 3. The summed E-state index contributed by atoms with van der Waals surface area (Å²) in [5, 5.41) is 13.2. The van der Waals surface area contributed by atoms with Crippen LogP contribution >= 0.6 is 0 Å². The fraction of sp³-hybridized carbons (Fsp3) is 0.0714. The Hall–Kier alpha value is -2.96. The summed E-state index contributed by atoms with van der Waals surface area (Å²) in [5.74, 6) is -0.957. The standard InChI is InChI=1S/C14H12FN3O3/c1-8-10(15)3-2-4-12(8)17-14(19)9-5-6-13(18(20)21)11(16)7-9/h2-7H,16H2,1H3,(H,17,19). The minimum Gasteiger partial charge on any atom is -0.393 e. The molecule has 0 bridgehead atoms. The summed E-state index contributed by atoms with van der Waals surface area (Å²) in [6.45, 7) is 1.54. The van der Waals surface area contributed by atoms with Crippen LogP contribution in [0.1, 0.15) is 15.9 Å². The number of carbonyl (C=O) groups excluding carboxylic acids is 1. The van der Waals surface area contributed by atoms with E-state index in [-0.39, 0.29) is 16.9 Å². The topological polar surface area (TPSA) is 98.3 Å². The molecular formula is C14H12FN3O3. The highest BCUT2D eigenvalue weighted by Crippen LogP contribution is 2.23. The number of nitro groups is 1. The van der Waals surface area contributed by atoms with Crippen LogP contribution in [0.2, 0.25) is 0 Å². The Morgan fingerprint density at radius 2 is 2.05 bits per heavy atom. The first-order valence-electron chi connectivity index (χ1n) is 6.00. The Balaban J connectivity index is 2.27. The molecule has 2 rings (SSSR count). The van der Waals surface area contributed by atoms with Gasteiger partial charge in [0.05, 0.1) is 4.92 Å². The number of benzene rings is 2. The molecule has 0 saturated heterocycles. The van der Waals surface area contributed by atoms with Crippen molar-refractivity contribution in [2.75, 3.05) is 11.1 Å². The molecule has 21 heavy (non-hydrogen) atoms. The molecule has 0 aliphatic carbocycles. The molecule has 0 atom stereocenters. The third-order valence-electron chi connectivity index (χ3n) is 3.00. The average Bonchev–Trinajstić information content (AvgIpc) is 2.43. The monoisotopic (exact) mass is 289 g/mol. The third kappa shape index (κ3) is 2.97. The van der Waals surface area contributed by atoms with E-state index < -0.39 is 16.6 Å². The van der Waals surface area contributed by atoms with Gasteiger partial charge in [-0.05, 0) is 31.2 Å². The van der Waals surface area contributed by atoms with Crippen molar-refractivity contribution in [1.29, 1.82) is 0 Å². The zero-order valence-corrected chi connectivity index (χ0v) is 11.1. The molecule has 2 aromatic carbocycles. The lowest BCUT2D eigenvalue weighted by atomic mass is 10.1. The van der Waals surface area contributed by atoms with Crippen LogP contribution in [0.15, 0.2) is 36.4 Å². The van der Waals surface area contributed by atoms with Gasteiger partial charge in [-0.15, -0.1) is 0 Å². The number of anilines is 2. The molecule has 7 heteroatoms. The number of nitrogens with one attached hydrogen (secondary N) is 1. The van der Waals surface area contributed by atoms with Crippen LogP contribution in [0.25, 0.3) is 0 Å². The molecule has 1 amide bonds. The number of nitro benzene ring substituents is 1. The molecule has 0 aromatic heterocycles. The molecule has 108 valence electrons. The lowest BCUT2D eigenvalue weighted by Gasteiger charge is -2.09. The van der Waals surface area contributed by atoms with E-state index in [2.05, 4.69) is 5.32 Å². The van der Waals surface area contributed by atoms with Crippen molar-refractivity contribution in [3.8, 4) is 0 Å². The van der Waals surface area contributed by atoms with Gasteiger partial charge in [0.2, 0.25) is 0 Å². The number of amides is 1. The first-order valence-corrected chi connectivity index (χ1v) is 6.00. The van der Waals surface area contributed by atoms with E-state index >= 15 is 0 Å². The normalized spacial score (nSPS) is 10.2. The zero-order chi connectivity index (χ0) is 15.6. The van der Waals surface area contributed by atoms with Crippen molar-refractivity contribution in [3.05, 3.63) is 63.5 Å². The molecule has 0 aliphatic rings. The van der Waals surface area contributed by atoms with E-state index in [0.717, 1.165) is 6.07 Å². The number of carbonyl (C=O) groups is 1. The SMILES string of the molecule is Cc1c(F)cccc1NC(=O)c1ccc([N+](=O)[O-])c(N)c1. The predicted molar refractivity (Wildman–Crippen MR) is 76.6 cm³/mol. The maximum atomic E-state index is 13.4. The Morgan fingerprint density at radius 3 is 2.67 bits per heavy atom. The maximum Gasteiger partial charge on any atom is 0.292 e. The number of hydrogen-bond acceptors (Lipinski definition) is 4.